The van der Waals surface area contributed by atoms with Gasteiger partial charge in [-0.05, 0) is 37.7 Å². The SMILES string of the molecule is COC(=O)[C@H](C)Sc1nc2sc3c(c2c(=O)[nH]1)CC[C@H](C)C3. The third-order valence-corrected chi connectivity index (χ3v) is 6.08. The van der Waals surface area contributed by atoms with Crippen molar-refractivity contribution in [3.8, 4) is 0 Å². The first kappa shape index (κ1) is 15.6. The second kappa shape index (κ2) is 6.04. The molecule has 2 atom stereocenters. The largest absolute Gasteiger partial charge is 0.468 e. The van der Waals surface area contributed by atoms with E-state index < -0.39 is 5.25 Å². The zero-order chi connectivity index (χ0) is 15.9. The smallest absolute Gasteiger partial charge is 0.318 e. The van der Waals surface area contributed by atoms with Crippen molar-refractivity contribution in [1.82, 2.24) is 9.97 Å². The Morgan fingerprint density at radius 2 is 2.32 bits per heavy atom. The fourth-order valence-corrected chi connectivity index (χ4v) is 5.03. The zero-order valence-corrected chi connectivity index (χ0v) is 14.4. The number of thioether (sulfide) groups is 1. The summed E-state index contributed by atoms with van der Waals surface area (Å²) in [5, 5.41) is 0.809. The van der Waals surface area contributed by atoms with E-state index in [1.54, 1.807) is 18.3 Å². The fourth-order valence-electron chi connectivity index (χ4n) is 2.77. The third-order valence-electron chi connectivity index (χ3n) is 3.97. The Labute approximate surface area is 136 Å². The number of fused-ring (bicyclic) bond motifs is 3. The summed E-state index contributed by atoms with van der Waals surface area (Å²) in [6.45, 7) is 3.98. The Hall–Kier alpha value is -1.34. The van der Waals surface area contributed by atoms with Crippen LogP contribution in [-0.4, -0.2) is 28.3 Å². The summed E-state index contributed by atoms with van der Waals surface area (Å²) < 4.78 is 4.70. The number of H-pyrrole nitrogens is 1. The fraction of sp³-hybridized carbons (Fsp3) is 0.533. The van der Waals surface area contributed by atoms with Crippen LogP contribution in [0.4, 0.5) is 0 Å². The highest BCUT2D eigenvalue weighted by molar-refractivity contribution is 8.00. The first-order valence-corrected chi connectivity index (χ1v) is 8.98. The Balaban J connectivity index is 1.99. The van der Waals surface area contributed by atoms with Crippen molar-refractivity contribution in [1.29, 1.82) is 0 Å². The van der Waals surface area contributed by atoms with Crippen molar-refractivity contribution in [2.75, 3.05) is 7.11 Å². The average molecular weight is 338 g/mol. The number of thiophene rings is 1. The predicted molar refractivity (Wildman–Crippen MR) is 88.8 cm³/mol. The molecule has 0 aliphatic heterocycles. The average Bonchev–Trinajstić information content (AvgIpc) is 2.83. The van der Waals surface area contributed by atoms with Gasteiger partial charge in [-0.2, -0.15) is 0 Å². The van der Waals surface area contributed by atoms with E-state index in [2.05, 4.69) is 16.9 Å². The normalized spacial score (nSPS) is 19.0. The predicted octanol–water partition coefficient (Wildman–Crippen LogP) is 2.76. The summed E-state index contributed by atoms with van der Waals surface area (Å²) in [5.74, 6) is 0.333. The molecule has 0 saturated carbocycles. The van der Waals surface area contributed by atoms with E-state index in [0.29, 0.717) is 11.1 Å². The standard InChI is InChI=1S/C15H18N2O3S2/c1-7-4-5-9-10(6-7)22-13-11(9)12(18)16-15(17-13)21-8(2)14(19)20-3/h7-8H,4-6H2,1-3H3,(H,16,17,18)/t7-,8-/m0/s1. The number of methoxy groups -OCH3 is 1. The number of aromatic amines is 1. The quantitative estimate of drug-likeness (QED) is 0.529. The van der Waals surface area contributed by atoms with Crippen molar-refractivity contribution < 1.29 is 9.53 Å². The number of nitrogens with zero attached hydrogens (tertiary/aromatic N) is 1. The maximum Gasteiger partial charge on any atom is 0.318 e. The lowest BCUT2D eigenvalue weighted by molar-refractivity contribution is -0.139. The van der Waals surface area contributed by atoms with E-state index in [-0.39, 0.29) is 11.5 Å². The topological polar surface area (TPSA) is 72.0 Å². The molecule has 1 aliphatic rings. The van der Waals surface area contributed by atoms with Gasteiger partial charge in [-0.15, -0.1) is 11.3 Å². The molecular formula is C15H18N2O3S2. The molecule has 0 amide bonds. The van der Waals surface area contributed by atoms with Crippen LogP contribution in [0.3, 0.4) is 0 Å². The van der Waals surface area contributed by atoms with E-state index in [1.165, 1.54) is 29.3 Å². The summed E-state index contributed by atoms with van der Waals surface area (Å²) in [6.07, 6.45) is 3.09. The van der Waals surface area contributed by atoms with E-state index in [0.717, 1.165) is 29.5 Å². The van der Waals surface area contributed by atoms with Crippen LogP contribution in [0.25, 0.3) is 10.2 Å². The molecule has 2 aromatic rings. The van der Waals surface area contributed by atoms with Gasteiger partial charge in [0.25, 0.3) is 5.56 Å². The molecule has 5 nitrogen and oxygen atoms in total. The molecule has 0 aromatic carbocycles. The zero-order valence-electron chi connectivity index (χ0n) is 12.8. The highest BCUT2D eigenvalue weighted by Gasteiger charge is 2.24. The molecule has 1 aliphatic carbocycles. The lowest BCUT2D eigenvalue weighted by atomic mass is 9.89. The first-order valence-electron chi connectivity index (χ1n) is 7.28. The van der Waals surface area contributed by atoms with Gasteiger partial charge in [-0.3, -0.25) is 9.59 Å². The molecule has 118 valence electrons. The first-order chi connectivity index (χ1) is 10.5. The van der Waals surface area contributed by atoms with Crippen molar-refractivity contribution >= 4 is 39.3 Å². The Morgan fingerprint density at radius 1 is 1.55 bits per heavy atom. The molecule has 0 saturated heterocycles. The van der Waals surface area contributed by atoms with Gasteiger partial charge in [0, 0.05) is 4.88 Å². The van der Waals surface area contributed by atoms with Gasteiger partial charge in [0.15, 0.2) is 5.16 Å². The minimum atomic E-state index is -0.403. The number of rotatable bonds is 3. The Bertz CT molecular complexity index is 781. The van der Waals surface area contributed by atoms with Gasteiger partial charge in [-0.25, -0.2) is 4.98 Å². The van der Waals surface area contributed by atoms with Crippen LogP contribution in [-0.2, 0) is 22.4 Å². The van der Waals surface area contributed by atoms with Crippen LogP contribution in [0, 0.1) is 5.92 Å². The van der Waals surface area contributed by atoms with E-state index in [4.69, 9.17) is 4.74 Å². The van der Waals surface area contributed by atoms with Crippen molar-refractivity contribution in [3.05, 3.63) is 20.8 Å². The summed E-state index contributed by atoms with van der Waals surface area (Å²) in [6, 6.07) is 0. The molecule has 2 aromatic heterocycles. The van der Waals surface area contributed by atoms with Crippen LogP contribution in [0.2, 0.25) is 0 Å². The van der Waals surface area contributed by atoms with Gasteiger partial charge in [0.2, 0.25) is 0 Å². The molecule has 3 rings (SSSR count). The number of ether oxygens (including phenoxy) is 1. The van der Waals surface area contributed by atoms with Gasteiger partial charge in [-0.1, -0.05) is 18.7 Å². The van der Waals surface area contributed by atoms with Crippen LogP contribution in [0.5, 0.6) is 0 Å². The van der Waals surface area contributed by atoms with Crippen molar-refractivity contribution in [2.45, 2.75) is 43.5 Å². The number of hydrogen-bond acceptors (Lipinski definition) is 6. The maximum absolute atomic E-state index is 12.4. The van der Waals surface area contributed by atoms with E-state index in [1.807, 2.05) is 0 Å². The molecule has 0 unspecified atom stereocenters. The minimum Gasteiger partial charge on any atom is -0.468 e. The van der Waals surface area contributed by atoms with Gasteiger partial charge >= 0.3 is 5.97 Å². The number of aromatic nitrogens is 2. The molecule has 0 bridgehead atoms. The third kappa shape index (κ3) is 2.79. The van der Waals surface area contributed by atoms with Gasteiger partial charge in [0.05, 0.1) is 12.5 Å². The van der Waals surface area contributed by atoms with Crippen molar-refractivity contribution in [3.63, 3.8) is 0 Å². The lowest BCUT2D eigenvalue weighted by Crippen LogP contribution is -2.17. The molecular weight excluding hydrogens is 320 g/mol. The summed E-state index contributed by atoms with van der Waals surface area (Å²) in [5.41, 5.74) is 1.07. The van der Waals surface area contributed by atoms with Gasteiger partial charge in [0.1, 0.15) is 10.1 Å². The lowest BCUT2D eigenvalue weighted by Gasteiger charge is -2.17. The Morgan fingerprint density at radius 3 is 3.05 bits per heavy atom. The highest BCUT2D eigenvalue weighted by atomic mass is 32.2. The second-order valence-corrected chi connectivity index (χ2v) is 8.10. The number of carbonyl (C=O) groups is 1. The van der Waals surface area contributed by atoms with Crippen molar-refractivity contribution in [2.24, 2.45) is 5.92 Å². The maximum atomic E-state index is 12.4. The molecule has 0 spiro atoms. The number of nitrogens with one attached hydrogen (secondary N) is 1. The summed E-state index contributed by atoms with van der Waals surface area (Å²) >= 11 is 2.83. The van der Waals surface area contributed by atoms with E-state index in [9.17, 15) is 9.59 Å². The number of aryl methyl sites for hydroxylation is 1. The number of esters is 1. The molecule has 0 radical (unpaired) electrons. The molecule has 7 heteroatoms. The number of hydrogen-bond donors (Lipinski definition) is 1. The van der Waals surface area contributed by atoms with E-state index >= 15 is 0 Å². The monoisotopic (exact) mass is 338 g/mol. The summed E-state index contributed by atoms with van der Waals surface area (Å²) in [4.78, 5) is 33.3. The summed E-state index contributed by atoms with van der Waals surface area (Å²) in [7, 11) is 1.35. The van der Waals surface area contributed by atoms with Gasteiger partial charge < -0.3 is 9.72 Å². The molecule has 22 heavy (non-hydrogen) atoms. The minimum absolute atomic E-state index is 0.100. The van der Waals surface area contributed by atoms with Crippen LogP contribution >= 0.6 is 23.1 Å². The Kier molecular flexibility index (Phi) is 4.27. The molecule has 2 heterocycles. The molecule has 0 fully saturated rings. The molecule has 1 N–H and O–H groups in total. The highest BCUT2D eigenvalue weighted by Crippen LogP contribution is 2.36. The van der Waals surface area contributed by atoms with Crippen LogP contribution in [0.1, 0.15) is 30.7 Å². The second-order valence-electron chi connectivity index (χ2n) is 5.69. The van der Waals surface area contributed by atoms with Crippen LogP contribution < -0.4 is 5.56 Å². The van der Waals surface area contributed by atoms with Crippen LogP contribution in [0.15, 0.2) is 9.95 Å². The number of carbonyl (C=O) groups excluding carboxylic acids is 1.